The highest BCUT2D eigenvalue weighted by Crippen LogP contribution is 2.60. The maximum absolute atomic E-state index is 11.6. The Morgan fingerprint density at radius 1 is 1.09 bits per heavy atom. The molecule has 0 aliphatic carbocycles. The van der Waals surface area contributed by atoms with Crippen LogP contribution in [0.5, 0.6) is 0 Å². The van der Waals surface area contributed by atoms with Crippen molar-refractivity contribution in [1.82, 2.24) is 19.5 Å². The van der Waals surface area contributed by atoms with Crippen molar-refractivity contribution in [3.05, 3.63) is 12.7 Å². The van der Waals surface area contributed by atoms with Crippen molar-refractivity contribution in [3.8, 4) is 0 Å². The summed E-state index contributed by atoms with van der Waals surface area (Å²) in [6, 6.07) is 0. The smallest absolute Gasteiger partial charge is 0.278 e. The van der Waals surface area contributed by atoms with Crippen molar-refractivity contribution in [2.24, 2.45) is 0 Å². The second-order valence-corrected chi connectivity index (χ2v) is 10.4. The molecule has 180 valence electrons. The second-order valence-electron chi connectivity index (χ2n) is 6.14. The minimum absolute atomic E-state index is 0.198. The number of ether oxygens (including phenoxy) is 1. The van der Waals surface area contributed by atoms with Gasteiger partial charge in [-0.15, -0.1) is 0 Å². The molecule has 3 heterocycles. The normalized spacial score (nSPS) is 27.8. The Balaban J connectivity index is 1.70. The summed E-state index contributed by atoms with van der Waals surface area (Å²) in [5.41, 5.74) is 0.502. The molecule has 0 saturated carbocycles. The number of anilines is 1. The van der Waals surface area contributed by atoms with Gasteiger partial charge in [-0.05, 0) is 0 Å². The van der Waals surface area contributed by atoms with Crippen LogP contribution in [0, 0.1) is 0 Å². The Morgan fingerprint density at radius 2 is 1.78 bits per heavy atom. The van der Waals surface area contributed by atoms with Crippen LogP contribution in [-0.2, 0) is 31.6 Å². The van der Waals surface area contributed by atoms with Gasteiger partial charge in [0.1, 0.15) is 30.2 Å². The first-order valence-corrected chi connectivity index (χ1v) is 12.7. The fourth-order valence-electron chi connectivity index (χ4n) is 2.77. The van der Waals surface area contributed by atoms with Gasteiger partial charge in [-0.3, -0.25) is 18.0 Å². The molecule has 21 heteroatoms. The number of aliphatic hydroxyl groups excluding tert-OH is 2. The Hall–Kier alpha value is -1.36. The summed E-state index contributed by atoms with van der Waals surface area (Å²) >= 11 is 0. The van der Waals surface area contributed by atoms with Gasteiger partial charge in [0, 0.05) is 7.05 Å². The highest BCUT2D eigenvalue weighted by atomic mass is 31.3. The molecule has 0 spiro atoms. The number of fused-ring (bicyclic) bond motifs is 1. The van der Waals surface area contributed by atoms with Gasteiger partial charge in [0.15, 0.2) is 17.7 Å². The maximum Gasteiger partial charge on any atom is 0.278 e. The van der Waals surface area contributed by atoms with Crippen molar-refractivity contribution in [2.45, 2.75) is 24.5 Å². The fourth-order valence-corrected chi connectivity index (χ4v) is 5.63. The molecule has 1 fully saturated rings. The van der Waals surface area contributed by atoms with Gasteiger partial charge in [-0.2, -0.15) is 0 Å². The van der Waals surface area contributed by atoms with Crippen molar-refractivity contribution >= 4 is 40.4 Å². The third kappa shape index (κ3) is 5.76. The van der Waals surface area contributed by atoms with E-state index in [9.17, 15) is 43.5 Å². The number of aromatic nitrogens is 4. The first-order chi connectivity index (χ1) is 14.7. The van der Waals surface area contributed by atoms with Crippen LogP contribution in [0.25, 0.3) is 11.2 Å². The van der Waals surface area contributed by atoms with Gasteiger partial charge < -0.3 is 48.9 Å². The molecule has 1 aliphatic heterocycles. The van der Waals surface area contributed by atoms with E-state index in [2.05, 4.69) is 33.4 Å². The van der Waals surface area contributed by atoms with E-state index in [1.54, 1.807) is 7.05 Å². The van der Waals surface area contributed by atoms with Crippen LogP contribution in [0.1, 0.15) is 6.23 Å². The van der Waals surface area contributed by atoms with E-state index >= 15 is 0 Å². The van der Waals surface area contributed by atoms with Gasteiger partial charge in [0.05, 0.1) is 20.8 Å². The van der Waals surface area contributed by atoms with E-state index in [-0.39, 0.29) is 5.65 Å². The minimum Gasteiger partial charge on any atom is -0.790 e. The molecule has 1 aliphatic rings. The van der Waals surface area contributed by atoms with E-state index in [4.69, 9.17) is 4.74 Å². The SMILES string of the molecule is CNc1ncnc2c1ncn2[C@@H]1O[C@H](COP(=O)([O-])OP(=O)([O-])OP(=O)([O-])[O-])[C@@H](O)[C@H]1O. The number of rotatable bonds is 9. The zero-order valence-electron chi connectivity index (χ0n) is 15.7. The molecule has 32 heavy (non-hydrogen) atoms. The van der Waals surface area contributed by atoms with Crippen molar-refractivity contribution < 1.29 is 61.4 Å². The number of hydrogen-bond donors (Lipinski definition) is 3. The van der Waals surface area contributed by atoms with Crippen LogP contribution >= 0.6 is 23.5 Å². The average Bonchev–Trinajstić information content (AvgIpc) is 3.19. The van der Waals surface area contributed by atoms with Crippen molar-refractivity contribution in [1.29, 1.82) is 0 Å². The predicted octanol–water partition coefficient (Wildman–Crippen LogP) is -3.70. The van der Waals surface area contributed by atoms with Crippen LogP contribution in [-0.4, -0.2) is 61.7 Å². The van der Waals surface area contributed by atoms with Gasteiger partial charge in [-0.25, -0.2) is 19.3 Å². The quantitative estimate of drug-likeness (QED) is 0.270. The van der Waals surface area contributed by atoms with Crippen LogP contribution in [0.15, 0.2) is 12.7 Å². The molecule has 3 rings (SSSR count). The molecule has 0 amide bonds. The summed E-state index contributed by atoms with van der Waals surface area (Å²) in [6.45, 7) is -1.06. The lowest BCUT2D eigenvalue weighted by Crippen LogP contribution is -2.34. The van der Waals surface area contributed by atoms with Crippen LogP contribution in [0.2, 0.25) is 0 Å². The molecule has 1 saturated heterocycles. The number of nitrogens with zero attached hydrogens (tertiary/aromatic N) is 4. The lowest BCUT2D eigenvalue weighted by molar-refractivity contribution is -0.339. The number of aliphatic hydroxyl groups is 2. The molecule has 0 bridgehead atoms. The molecule has 2 unspecified atom stereocenters. The molecule has 3 N–H and O–H groups in total. The first kappa shape index (κ1) is 25.3. The zero-order valence-corrected chi connectivity index (χ0v) is 18.4. The van der Waals surface area contributed by atoms with E-state index in [1.165, 1.54) is 17.2 Å². The van der Waals surface area contributed by atoms with Gasteiger partial charge in [0.25, 0.3) is 15.6 Å². The number of phosphoric acid groups is 3. The lowest BCUT2D eigenvalue weighted by atomic mass is 10.1. The Morgan fingerprint density at radius 3 is 2.41 bits per heavy atom. The Kier molecular flexibility index (Phi) is 7.20. The molecule has 6 atom stereocenters. The highest BCUT2D eigenvalue weighted by Gasteiger charge is 2.45. The molecule has 0 radical (unpaired) electrons. The first-order valence-electron chi connectivity index (χ1n) is 8.31. The topological polar surface area (TPSA) is 276 Å². The molecule has 2 aromatic heterocycles. The molecular weight excluding hydrogens is 503 g/mol. The number of imidazole rings is 1. The van der Waals surface area contributed by atoms with Gasteiger partial charge in [-0.1, -0.05) is 0 Å². The Bertz CT molecular complexity index is 1120. The van der Waals surface area contributed by atoms with Gasteiger partial charge >= 0.3 is 0 Å². The summed E-state index contributed by atoms with van der Waals surface area (Å²) in [6.07, 6.45) is -3.76. The predicted molar refractivity (Wildman–Crippen MR) is 91.7 cm³/mol. The van der Waals surface area contributed by atoms with E-state index in [0.717, 1.165) is 0 Å². The van der Waals surface area contributed by atoms with E-state index in [0.29, 0.717) is 11.3 Å². The standard InChI is InChI=1S/C11H18N5O13P3/c1-12-9-6-10(14-3-13-9)16(4-15-6)11-8(18)7(17)5(27-11)2-26-31(22,23)29-32(24,25)28-30(19,20)21/h3-5,7-8,11,17-18H,2H2,1H3,(H,22,23)(H,24,25)(H,12,13,14)(H2,19,20,21)/p-4/t5-,7-,8-,11-/m1/s1. The van der Waals surface area contributed by atoms with Crippen molar-refractivity contribution in [2.75, 3.05) is 19.0 Å². The molecular formula is C11H14N5O13P3-4. The third-order valence-electron chi connectivity index (χ3n) is 4.00. The van der Waals surface area contributed by atoms with Crippen LogP contribution < -0.4 is 24.9 Å². The molecule has 18 nitrogen and oxygen atoms in total. The highest BCUT2D eigenvalue weighted by molar-refractivity contribution is 7.64. The monoisotopic (exact) mass is 517 g/mol. The van der Waals surface area contributed by atoms with E-state index in [1.807, 2.05) is 0 Å². The molecule has 0 aromatic carbocycles. The number of phosphoric ester groups is 1. The fraction of sp³-hybridized carbons (Fsp3) is 0.545. The van der Waals surface area contributed by atoms with Crippen LogP contribution in [0.3, 0.4) is 0 Å². The second kappa shape index (κ2) is 9.12. The minimum atomic E-state index is -6.14. The maximum atomic E-state index is 11.6. The summed E-state index contributed by atoms with van der Waals surface area (Å²) in [5.74, 6) is 0.357. The lowest BCUT2D eigenvalue weighted by Gasteiger charge is -2.37. The van der Waals surface area contributed by atoms with Crippen LogP contribution in [0.4, 0.5) is 5.82 Å². The largest absolute Gasteiger partial charge is 0.790 e. The summed E-state index contributed by atoms with van der Waals surface area (Å²) in [5, 5.41) is 23.2. The van der Waals surface area contributed by atoms with E-state index < -0.39 is 54.6 Å². The third-order valence-corrected chi connectivity index (χ3v) is 7.67. The average molecular weight is 517 g/mol. The summed E-state index contributed by atoms with van der Waals surface area (Å²) < 4.78 is 50.5. The summed E-state index contributed by atoms with van der Waals surface area (Å²) in [7, 11) is -16.5. The van der Waals surface area contributed by atoms with Crippen molar-refractivity contribution in [3.63, 3.8) is 0 Å². The Labute approximate surface area is 178 Å². The number of hydrogen-bond acceptors (Lipinski definition) is 17. The molecule has 2 aromatic rings. The zero-order chi connectivity index (χ0) is 23.9. The number of nitrogens with one attached hydrogen (secondary N) is 1. The summed E-state index contributed by atoms with van der Waals surface area (Å²) in [4.78, 5) is 55.5. The van der Waals surface area contributed by atoms with Gasteiger partial charge in [0.2, 0.25) is 0 Å².